The van der Waals surface area contributed by atoms with E-state index in [0.717, 1.165) is 10.5 Å². The number of fused-ring (bicyclic) bond motifs is 1. The molecule has 2 fully saturated rings. The first kappa shape index (κ1) is 19.7. The van der Waals surface area contributed by atoms with Crippen LogP contribution in [0.4, 0.5) is 0 Å². The largest absolute Gasteiger partial charge is 0.329 e. The molecule has 154 valence electrons. The number of rotatable bonds is 6. The first-order valence-corrected chi connectivity index (χ1v) is 10.3. The van der Waals surface area contributed by atoms with E-state index in [0.29, 0.717) is 30.1 Å². The number of nitrogens with two attached hydrogens (primary N) is 1. The predicted octanol–water partition coefficient (Wildman–Crippen LogP) is 0.695. The van der Waals surface area contributed by atoms with Crippen LogP contribution in [0.25, 0.3) is 0 Å². The van der Waals surface area contributed by atoms with Gasteiger partial charge in [-0.2, -0.15) is 0 Å². The van der Waals surface area contributed by atoms with E-state index in [9.17, 15) is 19.2 Å². The summed E-state index contributed by atoms with van der Waals surface area (Å²) in [5, 5.41) is 5.70. The van der Waals surface area contributed by atoms with Crippen molar-refractivity contribution in [1.29, 1.82) is 0 Å². The highest BCUT2D eigenvalue weighted by Gasteiger charge is 2.44. The minimum Gasteiger partial charge on any atom is -0.329 e. The Bertz CT molecular complexity index is 862. The van der Waals surface area contributed by atoms with Crippen molar-refractivity contribution in [2.75, 3.05) is 6.54 Å². The van der Waals surface area contributed by atoms with Crippen LogP contribution in [0.1, 0.15) is 64.8 Å². The summed E-state index contributed by atoms with van der Waals surface area (Å²) in [6, 6.07) is 4.49. The Morgan fingerprint density at radius 2 is 1.79 bits per heavy atom. The van der Waals surface area contributed by atoms with Gasteiger partial charge in [0.15, 0.2) is 0 Å². The van der Waals surface area contributed by atoms with Crippen molar-refractivity contribution in [3.05, 3.63) is 34.9 Å². The average Bonchev–Trinajstić information content (AvgIpc) is 3.31. The summed E-state index contributed by atoms with van der Waals surface area (Å²) in [7, 11) is 0. The molecular formula is C21H26N4O4. The lowest BCUT2D eigenvalue weighted by Crippen LogP contribution is -2.54. The van der Waals surface area contributed by atoms with Crippen molar-refractivity contribution in [3.63, 3.8) is 0 Å². The normalized spacial score (nSPS) is 23.5. The molecule has 0 spiro atoms. The first-order valence-electron chi connectivity index (χ1n) is 10.3. The van der Waals surface area contributed by atoms with Gasteiger partial charge in [0, 0.05) is 25.6 Å². The minimum atomic E-state index is -0.939. The van der Waals surface area contributed by atoms with Gasteiger partial charge in [-0.15, -0.1) is 0 Å². The second-order valence-electron chi connectivity index (χ2n) is 8.09. The van der Waals surface area contributed by atoms with Crippen LogP contribution in [0.5, 0.6) is 0 Å². The monoisotopic (exact) mass is 398 g/mol. The molecule has 1 aromatic carbocycles. The van der Waals surface area contributed by atoms with Gasteiger partial charge in [-0.1, -0.05) is 18.9 Å². The van der Waals surface area contributed by atoms with Crippen LogP contribution in [-0.4, -0.2) is 47.2 Å². The summed E-state index contributed by atoms with van der Waals surface area (Å²) >= 11 is 0. The summed E-state index contributed by atoms with van der Waals surface area (Å²) in [6.45, 7) is 1.13. The van der Waals surface area contributed by atoms with Gasteiger partial charge >= 0.3 is 0 Å². The number of hydrogen-bond donors (Lipinski definition) is 3. The summed E-state index contributed by atoms with van der Waals surface area (Å²) in [6.07, 6.45) is 5.13. The molecule has 2 unspecified atom stereocenters. The molecule has 1 aliphatic carbocycles. The van der Waals surface area contributed by atoms with Gasteiger partial charge in [0.25, 0.3) is 11.8 Å². The van der Waals surface area contributed by atoms with E-state index in [1.54, 1.807) is 12.1 Å². The van der Waals surface area contributed by atoms with Gasteiger partial charge in [-0.25, -0.2) is 0 Å². The fourth-order valence-corrected chi connectivity index (χ4v) is 4.68. The van der Waals surface area contributed by atoms with E-state index in [1.807, 2.05) is 6.07 Å². The summed E-state index contributed by atoms with van der Waals surface area (Å²) in [5.41, 5.74) is 7.45. The fourth-order valence-electron chi connectivity index (χ4n) is 4.68. The molecule has 8 heteroatoms. The molecule has 1 saturated heterocycles. The number of benzene rings is 1. The first-order chi connectivity index (χ1) is 14.0. The number of hydrogen-bond acceptors (Lipinski definition) is 6. The number of nitrogens with zero attached hydrogens (tertiary/aromatic N) is 1. The highest BCUT2D eigenvalue weighted by atomic mass is 16.2. The third-order valence-electron chi connectivity index (χ3n) is 6.30. The van der Waals surface area contributed by atoms with E-state index in [4.69, 9.17) is 5.73 Å². The molecule has 1 saturated carbocycles. The number of nitrogens with one attached hydrogen (secondary N) is 2. The molecule has 29 heavy (non-hydrogen) atoms. The van der Waals surface area contributed by atoms with Gasteiger partial charge < -0.3 is 11.1 Å². The maximum Gasteiger partial charge on any atom is 0.262 e. The molecule has 4 amide bonds. The Balaban J connectivity index is 1.48. The highest BCUT2D eigenvalue weighted by molar-refractivity contribution is 6.23. The van der Waals surface area contributed by atoms with Crippen LogP contribution < -0.4 is 16.4 Å². The Labute approximate surface area is 169 Å². The zero-order chi connectivity index (χ0) is 20.5. The maximum absolute atomic E-state index is 12.9. The number of piperidine rings is 1. The van der Waals surface area contributed by atoms with Gasteiger partial charge in [-0.3, -0.25) is 29.4 Å². The summed E-state index contributed by atoms with van der Waals surface area (Å²) < 4.78 is 0. The SMILES string of the molecule is NCC(NCc1ccc2c(c1)C(=O)N(C1CCC(=O)NC1=O)C2=O)C1CCCC1. The zero-order valence-electron chi connectivity index (χ0n) is 16.3. The molecule has 8 nitrogen and oxygen atoms in total. The number of carbonyl (C=O) groups excluding carboxylic acids is 4. The maximum atomic E-state index is 12.9. The van der Waals surface area contributed by atoms with Gasteiger partial charge in [-0.05, 0) is 42.9 Å². The third kappa shape index (κ3) is 3.70. The topological polar surface area (TPSA) is 122 Å². The molecule has 1 aromatic rings. The van der Waals surface area contributed by atoms with E-state index in [-0.39, 0.29) is 24.8 Å². The van der Waals surface area contributed by atoms with E-state index in [1.165, 1.54) is 25.7 Å². The fraction of sp³-hybridized carbons (Fsp3) is 0.524. The van der Waals surface area contributed by atoms with Gasteiger partial charge in [0.1, 0.15) is 6.04 Å². The average molecular weight is 398 g/mol. The van der Waals surface area contributed by atoms with Crippen molar-refractivity contribution in [3.8, 4) is 0 Å². The highest BCUT2D eigenvalue weighted by Crippen LogP contribution is 2.29. The Morgan fingerprint density at radius 3 is 2.48 bits per heavy atom. The van der Waals surface area contributed by atoms with Crippen molar-refractivity contribution in [1.82, 2.24) is 15.5 Å². The summed E-state index contributed by atoms with van der Waals surface area (Å²) in [4.78, 5) is 50.1. The van der Waals surface area contributed by atoms with Crippen LogP contribution in [0.2, 0.25) is 0 Å². The number of carbonyl (C=O) groups is 4. The Hall–Kier alpha value is -2.58. The summed E-state index contributed by atoms with van der Waals surface area (Å²) in [5.74, 6) is -1.36. The molecule has 3 aliphatic rings. The quantitative estimate of drug-likeness (QED) is 0.607. The van der Waals surface area contributed by atoms with Crippen LogP contribution in [0.3, 0.4) is 0 Å². The van der Waals surface area contributed by atoms with Gasteiger partial charge in [0.2, 0.25) is 11.8 Å². The molecule has 4 N–H and O–H groups in total. The molecule has 2 heterocycles. The molecule has 0 radical (unpaired) electrons. The second kappa shape index (κ2) is 8.04. The molecule has 2 atom stereocenters. The number of imide groups is 2. The zero-order valence-corrected chi connectivity index (χ0v) is 16.3. The smallest absolute Gasteiger partial charge is 0.262 e. The van der Waals surface area contributed by atoms with Crippen molar-refractivity contribution in [2.45, 2.75) is 57.2 Å². The molecular weight excluding hydrogens is 372 g/mol. The van der Waals surface area contributed by atoms with Crippen molar-refractivity contribution >= 4 is 23.6 Å². The molecule has 0 aromatic heterocycles. The lowest BCUT2D eigenvalue weighted by atomic mass is 9.97. The Morgan fingerprint density at radius 1 is 1.07 bits per heavy atom. The minimum absolute atomic E-state index is 0.112. The van der Waals surface area contributed by atoms with Crippen molar-refractivity contribution in [2.24, 2.45) is 11.7 Å². The van der Waals surface area contributed by atoms with Crippen LogP contribution in [0, 0.1) is 5.92 Å². The van der Waals surface area contributed by atoms with E-state index >= 15 is 0 Å². The Kier molecular flexibility index (Phi) is 5.47. The van der Waals surface area contributed by atoms with E-state index < -0.39 is 23.8 Å². The standard InChI is InChI=1S/C21H26N4O4/c22-10-16(13-3-1-2-4-13)23-11-12-5-6-14-15(9-12)21(29)25(20(14)28)17-7-8-18(26)24-19(17)27/h5-6,9,13,16-17,23H,1-4,7-8,10-11,22H2,(H,24,26,27). The predicted molar refractivity (Wildman–Crippen MR) is 105 cm³/mol. The van der Waals surface area contributed by atoms with E-state index in [2.05, 4.69) is 10.6 Å². The van der Waals surface area contributed by atoms with Gasteiger partial charge in [0.05, 0.1) is 11.1 Å². The molecule has 4 rings (SSSR count). The van der Waals surface area contributed by atoms with Crippen molar-refractivity contribution < 1.29 is 19.2 Å². The lowest BCUT2D eigenvalue weighted by molar-refractivity contribution is -0.136. The third-order valence-corrected chi connectivity index (χ3v) is 6.30. The van der Waals surface area contributed by atoms with Crippen LogP contribution >= 0.6 is 0 Å². The molecule has 2 aliphatic heterocycles. The second-order valence-corrected chi connectivity index (χ2v) is 8.09. The van der Waals surface area contributed by atoms with Crippen LogP contribution in [-0.2, 0) is 16.1 Å². The molecule has 0 bridgehead atoms. The lowest BCUT2D eigenvalue weighted by Gasteiger charge is -2.27. The number of amides is 4. The van der Waals surface area contributed by atoms with Crippen LogP contribution in [0.15, 0.2) is 18.2 Å².